The molecule has 19 heavy (non-hydrogen) atoms. The van der Waals surface area contributed by atoms with Crippen molar-refractivity contribution in [2.24, 2.45) is 0 Å². The van der Waals surface area contributed by atoms with E-state index in [1.807, 2.05) is 45.0 Å². The lowest BCUT2D eigenvalue weighted by atomic mass is 9.99. The van der Waals surface area contributed by atoms with Gasteiger partial charge in [-0.1, -0.05) is 17.7 Å². The van der Waals surface area contributed by atoms with Crippen LogP contribution in [-0.4, -0.2) is 12.2 Å². The van der Waals surface area contributed by atoms with Crippen molar-refractivity contribution in [3.63, 3.8) is 0 Å². The van der Waals surface area contributed by atoms with Crippen molar-refractivity contribution in [1.82, 2.24) is 0 Å². The number of aliphatic hydroxyl groups is 1. The monoisotopic (exact) mass is 260 g/mol. The molecule has 0 aliphatic rings. The van der Waals surface area contributed by atoms with E-state index in [4.69, 9.17) is 9.15 Å². The molecule has 0 bridgehead atoms. The van der Waals surface area contributed by atoms with Crippen LogP contribution >= 0.6 is 0 Å². The van der Waals surface area contributed by atoms with Crippen molar-refractivity contribution < 1.29 is 14.3 Å². The maximum atomic E-state index is 10.4. The lowest BCUT2D eigenvalue weighted by Gasteiger charge is -2.13. The van der Waals surface area contributed by atoms with Crippen LogP contribution in [0.15, 0.2) is 28.7 Å². The summed E-state index contributed by atoms with van der Waals surface area (Å²) in [6, 6.07) is 7.87. The molecule has 2 rings (SSSR count). The van der Waals surface area contributed by atoms with E-state index in [1.165, 1.54) is 0 Å². The summed E-state index contributed by atoms with van der Waals surface area (Å²) in [6.07, 6.45) is -0.0573. The molecule has 0 aliphatic heterocycles. The zero-order valence-corrected chi connectivity index (χ0v) is 11.9. The molecule has 0 fully saturated rings. The second-order valence-corrected chi connectivity index (χ2v) is 4.90. The minimum Gasteiger partial charge on any atom is -0.496 e. The molecule has 0 spiro atoms. The Balaban J connectivity index is 2.25. The van der Waals surface area contributed by atoms with Crippen molar-refractivity contribution in [2.75, 3.05) is 7.11 Å². The maximum absolute atomic E-state index is 10.4. The fourth-order valence-electron chi connectivity index (χ4n) is 2.37. The van der Waals surface area contributed by atoms with Crippen LogP contribution < -0.4 is 4.74 Å². The van der Waals surface area contributed by atoms with Crippen LogP contribution in [0.1, 0.15) is 34.3 Å². The van der Waals surface area contributed by atoms with Gasteiger partial charge in [-0.3, -0.25) is 0 Å². The van der Waals surface area contributed by atoms with Crippen LogP contribution in [0.3, 0.4) is 0 Å². The topological polar surface area (TPSA) is 42.6 Å². The standard InChI is InChI=1S/C16H20O3/c1-10-5-6-16(18-4)13(7-10)9-15(17)14-8-11(2)19-12(14)3/h5-8,15,17H,9H2,1-4H3. The summed E-state index contributed by atoms with van der Waals surface area (Å²) >= 11 is 0. The Labute approximate surface area is 113 Å². The van der Waals surface area contributed by atoms with E-state index in [0.717, 1.165) is 34.0 Å². The average molecular weight is 260 g/mol. The summed E-state index contributed by atoms with van der Waals surface area (Å²) in [5, 5.41) is 10.4. The van der Waals surface area contributed by atoms with Crippen molar-refractivity contribution in [3.05, 3.63) is 52.5 Å². The third-order valence-corrected chi connectivity index (χ3v) is 3.29. The van der Waals surface area contributed by atoms with E-state index in [2.05, 4.69) is 0 Å². The summed E-state index contributed by atoms with van der Waals surface area (Å²) in [5.41, 5.74) is 3.01. The molecule has 3 nitrogen and oxygen atoms in total. The number of aliphatic hydroxyl groups excluding tert-OH is 1. The van der Waals surface area contributed by atoms with E-state index < -0.39 is 6.10 Å². The SMILES string of the molecule is COc1ccc(C)cc1CC(O)c1cc(C)oc1C. The molecule has 1 heterocycles. The van der Waals surface area contributed by atoms with Gasteiger partial charge in [-0.2, -0.15) is 0 Å². The lowest BCUT2D eigenvalue weighted by molar-refractivity contribution is 0.175. The van der Waals surface area contributed by atoms with Crippen LogP contribution in [-0.2, 0) is 6.42 Å². The molecule has 1 aromatic carbocycles. The first-order valence-corrected chi connectivity index (χ1v) is 6.39. The second kappa shape index (κ2) is 5.49. The first-order valence-electron chi connectivity index (χ1n) is 6.39. The molecule has 102 valence electrons. The minimum atomic E-state index is -0.576. The molecule has 1 unspecified atom stereocenters. The third kappa shape index (κ3) is 2.99. The molecule has 0 radical (unpaired) electrons. The highest BCUT2D eigenvalue weighted by Crippen LogP contribution is 2.28. The Bertz CT molecular complexity index is 569. The largest absolute Gasteiger partial charge is 0.496 e. The van der Waals surface area contributed by atoms with Gasteiger partial charge < -0.3 is 14.3 Å². The number of hydrogen-bond acceptors (Lipinski definition) is 3. The number of methoxy groups -OCH3 is 1. The highest BCUT2D eigenvalue weighted by Gasteiger charge is 2.17. The van der Waals surface area contributed by atoms with Crippen LogP contribution in [0, 0.1) is 20.8 Å². The highest BCUT2D eigenvalue weighted by molar-refractivity contribution is 5.38. The maximum Gasteiger partial charge on any atom is 0.122 e. The number of rotatable bonds is 4. The number of aryl methyl sites for hydroxylation is 3. The van der Waals surface area contributed by atoms with E-state index in [1.54, 1.807) is 7.11 Å². The number of furan rings is 1. The molecule has 0 amide bonds. The Morgan fingerprint density at radius 2 is 1.95 bits per heavy atom. The Morgan fingerprint density at radius 1 is 1.21 bits per heavy atom. The molecule has 0 saturated carbocycles. The molecular formula is C16H20O3. The third-order valence-electron chi connectivity index (χ3n) is 3.29. The molecular weight excluding hydrogens is 240 g/mol. The predicted molar refractivity (Wildman–Crippen MR) is 74.6 cm³/mol. The van der Waals surface area contributed by atoms with Gasteiger partial charge in [0.25, 0.3) is 0 Å². The summed E-state index contributed by atoms with van der Waals surface area (Å²) in [7, 11) is 1.65. The van der Waals surface area contributed by atoms with Gasteiger partial charge in [-0.25, -0.2) is 0 Å². The molecule has 0 saturated heterocycles. The smallest absolute Gasteiger partial charge is 0.122 e. The van der Waals surface area contributed by atoms with Gasteiger partial charge in [-0.15, -0.1) is 0 Å². The fourth-order valence-corrected chi connectivity index (χ4v) is 2.37. The molecule has 1 aromatic heterocycles. The van der Waals surface area contributed by atoms with Gasteiger partial charge >= 0.3 is 0 Å². The summed E-state index contributed by atoms with van der Waals surface area (Å²) in [6.45, 7) is 5.79. The molecule has 1 atom stereocenters. The molecule has 2 aromatic rings. The van der Waals surface area contributed by atoms with E-state index in [-0.39, 0.29) is 0 Å². The number of ether oxygens (including phenoxy) is 1. The van der Waals surface area contributed by atoms with Crippen molar-refractivity contribution >= 4 is 0 Å². The van der Waals surface area contributed by atoms with Crippen LogP contribution in [0.25, 0.3) is 0 Å². The van der Waals surface area contributed by atoms with E-state index >= 15 is 0 Å². The molecule has 0 aliphatic carbocycles. The second-order valence-electron chi connectivity index (χ2n) is 4.90. The highest BCUT2D eigenvalue weighted by atomic mass is 16.5. The zero-order valence-electron chi connectivity index (χ0n) is 11.9. The van der Waals surface area contributed by atoms with Gasteiger partial charge in [0.2, 0.25) is 0 Å². The Morgan fingerprint density at radius 3 is 2.53 bits per heavy atom. The van der Waals surface area contributed by atoms with Crippen molar-refractivity contribution in [1.29, 1.82) is 0 Å². The molecule has 3 heteroatoms. The quantitative estimate of drug-likeness (QED) is 0.915. The first kappa shape index (κ1) is 13.7. The minimum absolute atomic E-state index is 0.519. The van der Waals surface area contributed by atoms with Gasteiger partial charge in [0, 0.05) is 12.0 Å². The van der Waals surface area contributed by atoms with Crippen molar-refractivity contribution in [2.45, 2.75) is 33.3 Å². The summed E-state index contributed by atoms with van der Waals surface area (Å²) in [5.74, 6) is 2.40. The first-order chi connectivity index (χ1) is 9.01. The van der Waals surface area contributed by atoms with E-state index in [0.29, 0.717) is 6.42 Å². The van der Waals surface area contributed by atoms with Crippen LogP contribution in [0.4, 0.5) is 0 Å². The fraction of sp³-hybridized carbons (Fsp3) is 0.375. The van der Waals surface area contributed by atoms with Gasteiger partial charge in [-0.05, 0) is 38.5 Å². The Hall–Kier alpha value is -1.74. The lowest BCUT2D eigenvalue weighted by Crippen LogP contribution is -2.04. The van der Waals surface area contributed by atoms with Crippen LogP contribution in [0.2, 0.25) is 0 Å². The zero-order chi connectivity index (χ0) is 14.0. The summed E-state index contributed by atoms with van der Waals surface area (Å²) in [4.78, 5) is 0. The van der Waals surface area contributed by atoms with Crippen molar-refractivity contribution in [3.8, 4) is 5.75 Å². The van der Waals surface area contributed by atoms with Gasteiger partial charge in [0.05, 0.1) is 13.2 Å². The number of benzene rings is 1. The predicted octanol–water partition coefficient (Wildman–Crippen LogP) is 3.49. The van der Waals surface area contributed by atoms with Crippen LogP contribution in [0.5, 0.6) is 5.75 Å². The summed E-state index contributed by atoms with van der Waals surface area (Å²) < 4.78 is 10.8. The van der Waals surface area contributed by atoms with Gasteiger partial charge in [0.15, 0.2) is 0 Å². The van der Waals surface area contributed by atoms with E-state index in [9.17, 15) is 5.11 Å². The Kier molecular flexibility index (Phi) is 3.96. The number of hydrogen-bond donors (Lipinski definition) is 1. The average Bonchev–Trinajstić information content (AvgIpc) is 2.69. The molecule has 1 N–H and O–H groups in total. The normalized spacial score (nSPS) is 12.5. The van der Waals surface area contributed by atoms with Gasteiger partial charge in [0.1, 0.15) is 17.3 Å².